The molecule has 27 heavy (non-hydrogen) atoms. The van der Waals surface area contributed by atoms with Crippen molar-refractivity contribution in [3.8, 4) is 0 Å². The minimum atomic E-state index is -0.125. The van der Waals surface area contributed by atoms with Crippen LogP contribution in [0, 0.1) is 6.92 Å². The lowest BCUT2D eigenvalue weighted by molar-refractivity contribution is 0.103. The van der Waals surface area contributed by atoms with Gasteiger partial charge in [0, 0.05) is 31.8 Å². The summed E-state index contributed by atoms with van der Waals surface area (Å²) in [6.45, 7) is 3.97. The van der Waals surface area contributed by atoms with Crippen LogP contribution in [0.1, 0.15) is 34.8 Å². The lowest BCUT2D eigenvalue weighted by Crippen LogP contribution is -2.29. The number of carbonyl (C=O) groups excluding carboxylic acids is 1. The fourth-order valence-corrected chi connectivity index (χ4v) is 5.52. The van der Waals surface area contributed by atoms with E-state index in [-0.39, 0.29) is 5.91 Å². The molecule has 1 N–H and O–H groups in total. The summed E-state index contributed by atoms with van der Waals surface area (Å²) in [6.07, 6.45) is 3.77. The van der Waals surface area contributed by atoms with Gasteiger partial charge in [-0.05, 0) is 37.5 Å². The second-order valence-corrected chi connectivity index (χ2v) is 8.73. The number of thiazole rings is 1. The summed E-state index contributed by atoms with van der Waals surface area (Å²) in [7, 11) is 0. The van der Waals surface area contributed by atoms with E-state index in [9.17, 15) is 4.79 Å². The summed E-state index contributed by atoms with van der Waals surface area (Å²) in [5.41, 5.74) is 2.16. The van der Waals surface area contributed by atoms with Crippen molar-refractivity contribution in [2.24, 2.45) is 0 Å². The van der Waals surface area contributed by atoms with Crippen LogP contribution < -0.4 is 10.2 Å². The minimum Gasteiger partial charge on any atom is -0.441 e. The molecule has 1 saturated heterocycles. The maximum Gasteiger partial charge on any atom is 0.265 e. The Labute approximate surface area is 163 Å². The number of aromatic nitrogens is 2. The monoisotopic (exact) mass is 398 g/mol. The summed E-state index contributed by atoms with van der Waals surface area (Å²) >= 11 is 3.12. The van der Waals surface area contributed by atoms with Gasteiger partial charge in [-0.15, -0.1) is 11.3 Å². The maximum absolute atomic E-state index is 12.6. The molecular formula is C19H18N4O2S2. The molecule has 1 aromatic carbocycles. The summed E-state index contributed by atoms with van der Waals surface area (Å²) in [4.78, 5) is 25.6. The number of hydrogen-bond acceptors (Lipinski definition) is 7. The van der Waals surface area contributed by atoms with Gasteiger partial charge in [0.25, 0.3) is 5.91 Å². The van der Waals surface area contributed by atoms with Crippen molar-refractivity contribution in [2.45, 2.75) is 26.2 Å². The predicted molar refractivity (Wildman–Crippen MR) is 110 cm³/mol. The molecule has 0 atom stereocenters. The van der Waals surface area contributed by atoms with E-state index in [1.54, 1.807) is 17.4 Å². The Kier molecular flexibility index (Phi) is 4.09. The van der Waals surface area contributed by atoms with Crippen LogP contribution in [0.15, 0.2) is 28.7 Å². The largest absolute Gasteiger partial charge is 0.441 e. The molecule has 138 valence electrons. The number of aryl methyl sites for hydroxylation is 1. The van der Waals surface area contributed by atoms with E-state index in [4.69, 9.17) is 9.40 Å². The highest BCUT2D eigenvalue weighted by atomic mass is 32.1. The summed E-state index contributed by atoms with van der Waals surface area (Å²) in [6, 6.07) is 7.43. The van der Waals surface area contributed by atoms with Crippen LogP contribution in [-0.4, -0.2) is 29.0 Å². The number of thiophene rings is 1. The Morgan fingerprint density at radius 2 is 2.00 bits per heavy atom. The maximum atomic E-state index is 12.6. The van der Waals surface area contributed by atoms with Gasteiger partial charge in [0.15, 0.2) is 16.6 Å². The molecule has 0 spiro atoms. The van der Waals surface area contributed by atoms with Gasteiger partial charge in [-0.3, -0.25) is 4.79 Å². The number of oxazole rings is 1. The van der Waals surface area contributed by atoms with Crippen LogP contribution in [0.2, 0.25) is 0 Å². The van der Waals surface area contributed by atoms with Crippen molar-refractivity contribution in [3.63, 3.8) is 0 Å². The van der Waals surface area contributed by atoms with Gasteiger partial charge >= 0.3 is 0 Å². The molecule has 1 aliphatic rings. The first-order chi connectivity index (χ1) is 13.2. The van der Waals surface area contributed by atoms with Gasteiger partial charge in [-0.2, -0.15) is 0 Å². The number of anilines is 2. The number of hydrogen-bond donors (Lipinski definition) is 1. The average molecular weight is 399 g/mol. The van der Waals surface area contributed by atoms with Gasteiger partial charge in [0.05, 0.1) is 9.58 Å². The molecule has 0 bridgehead atoms. The molecule has 1 amide bonds. The molecule has 4 aromatic rings. The number of fused-ring (bicyclic) bond motifs is 2. The number of nitrogens with one attached hydrogen (secondary N) is 1. The van der Waals surface area contributed by atoms with Crippen LogP contribution >= 0.6 is 22.7 Å². The SMILES string of the molecule is Cc1nc2ccc(NC(=O)c3cc4sc(N5CCCCC5)nc4s3)cc2o1. The Hall–Kier alpha value is -2.45. The third-order valence-corrected chi connectivity index (χ3v) is 6.90. The fraction of sp³-hybridized carbons (Fsp3) is 0.316. The number of carbonyl (C=O) groups is 1. The van der Waals surface area contributed by atoms with Crippen LogP contribution in [0.25, 0.3) is 20.6 Å². The molecular weight excluding hydrogens is 380 g/mol. The van der Waals surface area contributed by atoms with Gasteiger partial charge in [0.2, 0.25) is 0 Å². The van der Waals surface area contributed by atoms with E-state index in [2.05, 4.69) is 15.2 Å². The van der Waals surface area contributed by atoms with E-state index in [0.717, 1.165) is 33.3 Å². The van der Waals surface area contributed by atoms with Crippen LogP contribution in [-0.2, 0) is 0 Å². The second-order valence-electron chi connectivity index (χ2n) is 6.69. The molecule has 1 aliphatic heterocycles. The molecule has 0 aliphatic carbocycles. The molecule has 3 aromatic heterocycles. The molecule has 0 unspecified atom stereocenters. The Morgan fingerprint density at radius 3 is 2.81 bits per heavy atom. The Balaban J connectivity index is 1.35. The normalized spacial score (nSPS) is 14.9. The van der Waals surface area contributed by atoms with Crippen LogP contribution in [0.5, 0.6) is 0 Å². The molecule has 8 heteroatoms. The molecule has 4 heterocycles. The average Bonchev–Trinajstić information content (AvgIpc) is 3.33. The van der Waals surface area contributed by atoms with E-state index < -0.39 is 0 Å². The number of benzene rings is 1. The van der Waals surface area contributed by atoms with E-state index in [1.165, 1.54) is 30.6 Å². The van der Waals surface area contributed by atoms with Gasteiger partial charge in [0.1, 0.15) is 10.3 Å². The molecule has 1 fully saturated rings. The quantitative estimate of drug-likeness (QED) is 0.523. The number of amides is 1. The van der Waals surface area contributed by atoms with Crippen molar-refractivity contribution in [2.75, 3.05) is 23.3 Å². The second kappa shape index (κ2) is 6.61. The fourth-order valence-electron chi connectivity index (χ4n) is 3.37. The first kappa shape index (κ1) is 16.7. The minimum absolute atomic E-state index is 0.125. The topological polar surface area (TPSA) is 71.3 Å². The summed E-state index contributed by atoms with van der Waals surface area (Å²) in [5, 5.41) is 4.02. The van der Waals surface area contributed by atoms with E-state index >= 15 is 0 Å². The molecule has 0 saturated carbocycles. The van der Waals surface area contributed by atoms with E-state index in [1.807, 2.05) is 25.1 Å². The zero-order valence-corrected chi connectivity index (χ0v) is 16.5. The van der Waals surface area contributed by atoms with Crippen LogP contribution in [0.3, 0.4) is 0 Å². The third-order valence-electron chi connectivity index (χ3n) is 4.68. The smallest absolute Gasteiger partial charge is 0.265 e. The van der Waals surface area contributed by atoms with Crippen molar-refractivity contribution in [3.05, 3.63) is 35.0 Å². The number of rotatable bonds is 3. The first-order valence-corrected chi connectivity index (χ1v) is 10.6. The molecule has 6 nitrogen and oxygen atoms in total. The third kappa shape index (κ3) is 3.19. The van der Waals surface area contributed by atoms with Crippen LogP contribution in [0.4, 0.5) is 10.8 Å². The molecule has 0 radical (unpaired) electrons. The summed E-state index contributed by atoms with van der Waals surface area (Å²) < 4.78 is 6.61. The first-order valence-electron chi connectivity index (χ1n) is 8.99. The number of nitrogens with zero attached hydrogens (tertiary/aromatic N) is 3. The standard InChI is InChI=1S/C19H18N4O2S2/c1-11-20-13-6-5-12(9-14(13)25-11)21-17(24)15-10-16-18(26-15)22-19(27-16)23-7-3-2-4-8-23/h5-6,9-10H,2-4,7-8H2,1H3,(H,21,24). The van der Waals surface area contributed by atoms with Gasteiger partial charge in [-0.25, -0.2) is 9.97 Å². The van der Waals surface area contributed by atoms with Gasteiger partial charge in [-0.1, -0.05) is 11.3 Å². The predicted octanol–water partition coefficient (Wildman–Crippen LogP) is 5.05. The highest BCUT2D eigenvalue weighted by Gasteiger charge is 2.19. The zero-order valence-electron chi connectivity index (χ0n) is 14.8. The van der Waals surface area contributed by atoms with Crippen molar-refractivity contribution >= 4 is 60.0 Å². The lowest BCUT2D eigenvalue weighted by Gasteiger charge is -2.25. The van der Waals surface area contributed by atoms with Crippen molar-refractivity contribution in [1.82, 2.24) is 9.97 Å². The van der Waals surface area contributed by atoms with Crippen molar-refractivity contribution in [1.29, 1.82) is 0 Å². The number of piperidine rings is 1. The lowest BCUT2D eigenvalue weighted by atomic mass is 10.1. The highest BCUT2D eigenvalue weighted by Crippen LogP contribution is 2.36. The van der Waals surface area contributed by atoms with E-state index in [0.29, 0.717) is 22.0 Å². The Morgan fingerprint density at radius 1 is 1.15 bits per heavy atom. The van der Waals surface area contributed by atoms with Gasteiger partial charge < -0.3 is 14.6 Å². The highest BCUT2D eigenvalue weighted by molar-refractivity contribution is 7.29. The zero-order chi connectivity index (χ0) is 18.4. The molecule has 5 rings (SSSR count). The van der Waals surface area contributed by atoms with Crippen molar-refractivity contribution < 1.29 is 9.21 Å². The Bertz CT molecular complexity index is 1110. The summed E-state index contributed by atoms with van der Waals surface area (Å²) in [5.74, 6) is 0.489.